The highest BCUT2D eigenvalue weighted by atomic mass is 31.2. The van der Waals surface area contributed by atoms with Crippen LogP contribution in [0.5, 0.6) is 0 Å². The van der Waals surface area contributed by atoms with Crippen LogP contribution >= 0.6 is 7.82 Å². The molecular formula is C39H81NO7P+. The molecule has 288 valence electrons. The Labute approximate surface area is 298 Å². The fourth-order valence-electron chi connectivity index (χ4n) is 5.73. The first kappa shape index (κ1) is 47.5. The summed E-state index contributed by atoms with van der Waals surface area (Å²) in [4.78, 5) is 22.4. The maximum atomic E-state index is 12.4. The van der Waals surface area contributed by atoms with Crippen molar-refractivity contribution < 1.29 is 37.3 Å². The molecule has 0 aliphatic heterocycles. The second kappa shape index (κ2) is 33.6. The minimum absolute atomic E-state index is 0.0924. The van der Waals surface area contributed by atoms with Crippen molar-refractivity contribution in [3.05, 3.63) is 0 Å². The summed E-state index contributed by atoms with van der Waals surface area (Å²) in [6.45, 7) is 5.54. The molecule has 0 aliphatic rings. The molecule has 0 aliphatic carbocycles. The van der Waals surface area contributed by atoms with Crippen molar-refractivity contribution in [2.75, 3.05) is 54.1 Å². The van der Waals surface area contributed by atoms with Crippen LogP contribution in [0.4, 0.5) is 0 Å². The van der Waals surface area contributed by atoms with Gasteiger partial charge in [-0.05, 0) is 12.8 Å². The van der Waals surface area contributed by atoms with Gasteiger partial charge in [-0.2, -0.15) is 0 Å². The Morgan fingerprint density at radius 3 is 1.38 bits per heavy atom. The lowest BCUT2D eigenvalue weighted by molar-refractivity contribution is -0.870. The fourth-order valence-corrected chi connectivity index (χ4v) is 6.47. The molecule has 0 aromatic heterocycles. The third kappa shape index (κ3) is 36.8. The Bertz CT molecular complexity index is 746. The normalized spacial score (nSPS) is 13.9. The van der Waals surface area contributed by atoms with Gasteiger partial charge in [-0.1, -0.05) is 168 Å². The molecule has 0 radical (unpaired) electrons. The van der Waals surface area contributed by atoms with E-state index in [9.17, 15) is 14.3 Å². The smallest absolute Gasteiger partial charge is 0.457 e. The van der Waals surface area contributed by atoms with E-state index >= 15 is 0 Å². The van der Waals surface area contributed by atoms with Gasteiger partial charge in [0.15, 0.2) is 0 Å². The maximum absolute atomic E-state index is 12.4. The van der Waals surface area contributed by atoms with Crippen molar-refractivity contribution in [2.24, 2.45) is 0 Å². The van der Waals surface area contributed by atoms with Gasteiger partial charge in [0.1, 0.15) is 19.3 Å². The number of phosphoric acid groups is 1. The third-order valence-electron chi connectivity index (χ3n) is 8.92. The van der Waals surface area contributed by atoms with E-state index in [0.717, 1.165) is 38.5 Å². The van der Waals surface area contributed by atoms with Crippen molar-refractivity contribution in [3.63, 3.8) is 0 Å². The summed E-state index contributed by atoms with van der Waals surface area (Å²) in [5.41, 5.74) is 0. The minimum Gasteiger partial charge on any atom is -0.457 e. The van der Waals surface area contributed by atoms with E-state index in [4.69, 9.17) is 18.5 Å². The van der Waals surface area contributed by atoms with Crippen molar-refractivity contribution >= 4 is 13.8 Å². The molecule has 0 heterocycles. The summed E-state index contributed by atoms with van der Waals surface area (Å²) in [5.74, 6) is -0.327. The van der Waals surface area contributed by atoms with Crippen LogP contribution in [0, 0.1) is 0 Å². The number of esters is 1. The molecule has 8 nitrogen and oxygen atoms in total. The monoisotopic (exact) mass is 707 g/mol. The third-order valence-corrected chi connectivity index (χ3v) is 9.90. The zero-order chi connectivity index (χ0) is 35.6. The van der Waals surface area contributed by atoms with Crippen molar-refractivity contribution in [1.29, 1.82) is 0 Å². The highest BCUT2D eigenvalue weighted by molar-refractivity contribution is 7.47. The predicted octanol–water partition coefficient (Wildman–Crippen LogP) is 11.3. The lowest BCUT2D eigenvalue weighted by Crippen LogP contribution is -2.37. The van der Waals surface area contributed by atoms with Gasteiger partial charge >= 0.3 is 13.8 Å². The number of likely N-dealkylation sites (N-methyl/N-ethyl adjacent to an activating group) is 1. The van der Waals surface area contributed by atoms with E-state index in [1.54, 1.807) is 0 Å². The van der Waals surface area contributed by atoms with Crippen LogP contribution in [-0.2, 0) is 27.9 Å². The molecule has 0 spiro atoms. The molecule has 1 N–H and O–H groups in total. The van der Waals surface area contributed by atoms with Crippen LogP contribution in [0.15, 0.2) is 0 Å². The number of ether oxygens (including phenoxy) is 2. The van der Waals surface area contributed by atoms with Crippen LogP contribution in [-0.4, -0.2) is 75.6 Å². The van der Waals surface area contributed by atoms with Crippen LogP contribution in [0.1, 0.15) is 187 Å². The number of hydrogen-bond donors (Lipinski definition) is 1. The average Bonchev–Trinajstić information content (AvgIpc) is 3.03. The van der Waals surface area contributed by atoms with Gasteiger partial charge in [-0.25, -0.2) is 4.57 Å². The Morgan fingerprint density at radius 1 is 0.562 bits per heavy atom. The number of nitrogens with zero attached hydrogens (tertiary/aromatic N) is 1. The second-order valence-corrected chi connectivity index (χ2v) is 16.5. The highest BCUT2D eigenvalue weighted by Crippen LogP contribution is 2.43. The molecule has 0 rings (SSSR count). The number of quaternary nitrogens is 1. The van der Waals surface area contributed by atoms with Crippen molar-refractivity contribution in [3.8, 4) is 0 Å². The first-order valence-electron chi connectivity index (χ1n) is 20.3. The summed E-state index contributed by atoms with van der Waals surface area (Å²) in [7, 11) is 1.68. The number of rotatable bonds is 38. The molecule has 0 amide bonds. The molecular weight excluding hydrogens is 625 g/mol. The van der Waals surface area contributed by atoms with E-state index < -0.39 is 13.9 Å². The van der Waals surface area contributed by atoms with Gasteiger partial charge in [0, 0.05) is 13.0 Å². The van der Waals surface area contributed by atoms with Gasteiger partial charge in [0.25, 0.3) is 0 Å². The van der Waals surface area contributed by atoms with Crippen LogP contribution in [0.25, 0.3) is 0 Å². The molecule has 48 heavy (non-hydrogen) atoms. The van der Waals surface area contributed by atoms with E-state index in [0.29, 0.717) is 24.1 Å². The summed E-state index contributed by atoms with van der Waals surface area (Å²) >= 11 is 0. The molecule has 0 aromatic carbocycles. The molecule has 2 unspecified atom stereocenters. The molecule has 0 saturated heterocycles. The van der Waals surface area contributed by atoms with E-state index in [1.165, 1.54) is 128 Å². The number of carbonyl (C=O) groups is 1. The zero-order valence-corrected chi connectivity index (χ0v) is 33.4. The lowest BCUT2D eigenvalue weighted by atomic mass is 10.0. The van der Waals surface area contributed by atoms with Crippen LogP contribution in [0.2, 0.25) is 0 Å². The molecule has 0 aromatic rings. The van der Waals surface area contributed by atoms with Gasteiger partial charge in [0.2, 0.25) is 0 Å². The summed E-state index contributed by atoms with van der Waals surface area (Å²) < 4.78 is 34.6. The van der Waals surface area contributed by atoms with E-state index in [2.05, 4.69) is 13.8 Å². The zero-order valence-electron chi connectivity index (χ0n) is 32.5. The first-order chi connectivity index (χ1) is 23.1. The fraction of sp³-hybridized carbons (Fsp3) is 0.974. The van der Waals surface area contributed by atoms with Crippen LogP contribution in [0.3, 0.4) is 0 Å². The maximum Gasteiger partial charge on any atom is 0.472 e. The standard InChI is InChI=1S/C39H80NO7P/c1-6-8-10-12-13-14-15-16-17-18-19-20-21-22-23-24-25-26-27-28-29-31-34-44-36-38(47-39(41)32-30-11-9-7-2)37-46-48(42,43)45-35-33-40(3,4)5/h38H,6-37H2,1-5H3/p+1. The summed E-state index contributed by atoms with van der Waals surface area (Å²) in [6.07, 6.45) is 33.4. The number of carbonyl (C=O) groups excluding carboxylic acids is 1. The average molecular weight is 707 g/mol. The Hall–Kier alpha value is -0.500. The number of unbranched alkanes of at least 4 members (excludes halogenated alkanes) is 24. The molecule has 9 heteroatoms. The second-order valence-electron chi connectivity index (χ2n) is 15.0. The van der Waals surface area contributed by atoms with Gasteiger partial charge in [-0.15, -0.1) is 0 Å². The topological polar surface area (TPSA) is 91.3 Å². The van der Waals surface area contributed by atoms with Crippen molar-refractivity contribution in [1.82, 2.24) is 0 Å². The first-order valence-corrected chi connectivity index (χ1v) is 21.8. The minimum atomic E-state index is -4.25. The summed E-state index contributed by atoms with van der Waals surface area (Å²) in [6, 6.07) is 0. The molecule has 0 saturated carbocycles. The Morgan fingerprint density at radius 2 is 0.958 bits per heavy atom. The number of phosphoric ester groups is 1. The van der Waals surface area contributed by atoms with E-state index in [1.807, 2.05) is 21.1 Å². The molecule has 0 bridgehead atoms. The van der Waals surface area contributed by atoms with Gasteiger partial charge in [-0.3, -0.25) is 13.8 Å². The largest absolute Gasteiger partial charge is 0.472 e. The lowest BCUT2D eigenvalue weighted by Gasteiger charge is -2.24. The van der Waals surface area contributed by atoms with Crippen LogP contribution < -0.4 is 0 Å². The highest BCUT2D eigenvalue weighted by Gasteiger charge is 2.26. The SMILES string of the molecule is CCCCCCCCCCCCCCCCCCCCCCCCOCC(COP(=O)(O)OCC[N+](C)(C)C)OC(=O)CCCCCC. The van der Waals surface area contributed by atoms with E-state index in [-0.39, 0.29) is 25.8 Å². The molecule has 0 fully saturated rings. The van der Waals surface area contributed by atoms with Gasteiger partial charge in [0.05, 0.1) is 34.4 Å². The quantitative estimate of drug-likeness (QED) is 0.0296. The van der Waals surface area contributed by atoms with Gasteiger partial charge < -0.3 is 18.9 Å². The predicted molar refractivity (Wildman–Crippen MR) is 201 cm³/mol. The van der Waals surface area contributed by atoms with Crippen molar-refractivity contribution in [2.45, 2.75) is 193 Å². The summed E-state index contributed by atoms with van der Waals surface area (Å²) in [5, 5.41) is 0. The Balaban J connectivity index is 3.86. The molecule has 2 atom stereocenters. The Kier molecular flexibility index (Phi) is 33.3. The number of hydrogen-bond acceptors (Lipinski definition) is 6.